The van der Waals surface area contributed by atoms with Crippen molar-refractivity contribution in [1.82, 2.24) is 15.3 Å². The molecule has 1 aromatic rings. The number of terminal acetylenes is 1. The number of aromatic nitrogens is 2. The Morgan fingerprint density at radius 2 is 1.93 bits per heavy atom. The molecule has 0 unspecified atom stereocenters. The molecule has 0 saturated carbocycles. The van der Waals surface area contributed by atoms with Gasteiger partial charge in [-0.1, -0.05) is 5.92 Å². The Bertz CT molecular complexity index is 331. The Morgan fingerprint density at radius 3 is 2.50 bits per heavy atom. The smallest absolute Gasteiger partial charge is 0.131 e. The van der Waals surface area contributed by atoms with E-state index in [-0.39, 0.29) is 0 Å². The predicted octanol–water partition coefficient (Wildman–Crippen LogP) is 0.925. The molecule has 1 N–H and O–H groups in total. The van der Waals surface area contributed by atoms with Gasteiger partial charge < -0.3 is 5.32 Å². The number of hydrogen-bond acceptors (Lipinski definition) is 3. The molecule has 1 aromatic heterocycles. The van der Waals surface area contributed by atoms with Crippen LogP contribution in [0.15, 0.2) is 12.4 Å². The van der Waals surface area contributed by atoms with Gasteiger partial charge in [0.25, 0.3) is 0 Å². The fourth-order valence-corrected chi connectivity index (χ4v) is 1.70. The molecule has 0 atom stereocenters. The Kier molecular flexibility index (Phi) is 2.76. The van der Waals surface area contributed by atoms with Gasteiger partial charge in [0.15, 0.2) is 0 Å². The molecule has 1 saturated heterocycles. The van der Waals surface area contributed by atoms with E-state index in [2.05, 4.69) is 21.2 Å². The van der Waals surface area contributed by atoms with Gasteiger partial charge in [0.05, 0.1) is 5.56 Å². The highest BCUT2D eigenvalue weighted by Gasteiger charge is 2.17. The summed E-state index contributed by atoms with van der Waals surface area (Å²) in [5.74, 6) is 3.96. The second kappa shape index (κ2) is 4.21. The Labute approximate surface area is 84.0 Å². The topological polar surface area (TPSA) is 37.8 Å². The van der Waals surface area contributed by atoms with Gasteiger partial charge in [-0.15, -0.1) is 6.42 Å². The quantitative estimate of drug-likeness (QED) is 0.664. The zero-order valence-electron chi connectivity index (χ0n) is 8.03. The highest BCUT2D eigenvalue weighted by Crippen LogP contribution is 2.21. The van der Waals surface area contributed by atoms with E-state index in [1.807, 2.05) is 0 Å². The molecular formula is C11H13N3. The third-order valence-electron chi connectivity index (χ3n) is 2.54. The van der Waals surface area contributed by atoms with Crippen molar-refractivity contribution in [3.8, 4) is 12.3 Å². The zero-order chi connectivity index (χ0) is 9.80. The Morgan fingerprint density at radius 1 is 1.29 bits per heavy atom. The molecule has 0 amide bonds. The van der Waals surface area contributed by atoms with Crippen LogP contribution < -0.4 is 5.32 Å². The molecule has 0 bridgehead atoms. The lowest BCUT2D eigenvalue weighted by atomic mass is 9.97. The summed E-state index contributed by atoms with van der Waals surface area (Å²) in [6, 6.07) is 0. The van der Waals surface area contributed by atoms with Gasteiger partial charge in [-0.2, -0.15) is 0 Å². The van der Waals surface area contributed by atoms with E-state index in [0.29, 0.717) is 5.92 Å². The summed E-state index contributed by atoms with van der Waals surface area (Å²) in [5, 5.41) is 3.32. The highest BCUT2D eigenvalue weighted by atomic mass is 14.9. The van der Waals surface area contributed by atoms with Gasteiger partial charge in [0.2, 0.25) is 0 Å². The first-order chi connectivity index (χ1) is 6.90. The van der Waals surface area contributed by atoms with Crippen LogP contribution in [-0.2, 0) is 0 Å². The third-order valence-corrected chi connectivity index (χ3v) is 2.54. The van der Waals surface area contributed by atoms with E-state index in [4.69, 9.17) is 6.42 Å². The molecule has 3 nitrogen and oxygen atoms in total. The van der Waals surface area contributed by atoms with E-state index in [1.54, 1.807) is 12.4 Å². The van der Waals surface area contributed by atoms with Crippen molar-refractivity contribution < 1.29 is 0 Å². The molecule has 14 heavy (non-hydrogen) atoms. The Hall–Kier alpha value is -1.40. The van der Waals surface area contributed by atoms with Gasteiger partial charge in [0.1, 0.15) is 5.82 Å². The van der Waals surface area contributed by atoms with Crippen LogP contribution in [0.25, 0.3) is 0 Å². The molecule has 0 aromatic carbocycles. The van der Waals surface area contributed by atoms with Crippen molar-refractivity contribution in [2.75, 3.05) is 13.1 Å². The lowest BCUT2D eigenvalue weighted by Gasteiger charge is -2.20. The van der Waals surface area contributed by atoms with E-state index >= 15 is 0 Å². The number of piperidine rings is 1. The molecule has 0 spiro atoms. The normalized spacial score (nSPS) is 17.6. The van der Waals surface area contributed by atoms with Crippen LogP contribution in [0, 0.1) is 12.3 Å². The number of hydrogen-bond donors (Lipinski definition) is 1. The minimum Gasteiger partial charge on any atom is -0.317 e. The van der Waals surface area contributed by atoms with E-state index in [9.17, 15) is 0 Å². The Balaban J connectivity index is 2.12. The molecule has 1 aliphatic rings. The summed E-state index contributed by atoms with van der Waals surface area (Å²) in [4.78, 5) is 8.58. The van der Waals surface area contributed by atoms with Crippen molar-refractivity contribution in [2.45, 2.75) is 18.8 Å². The van der Waals surface area contributed by atoms with Crippen molar-refractivity contribution in [3.05, 3.63) is 23.8 Å². The minimum absolute atomic E-state index is 0.503. The van der Waals surface area contributed by atoms with E-state index in [0.717, 1.165) is 37.3 Å². The summed E-state index contributed by atoms with van der Waals surface area (Å²) < 4.78 is 0. The van der Waals surface area contributed by atoms with Crippen molar-refractivity contribution in [1.29, 1.82) is 0 Å². The number of nitrogens with zero attached hydrogens (tertiary/aromatic N) is 2. The van der Waals surface area contributed by atoms with Crippen molar-refractivity contribution in [3.63, 3.8) is 0 Å². The number of nitrogens with one attached hydrogen (secondary N) is 1. The molecule has 0 radical (unpaired) electrons. The highest BCUT2D eigenvalue weighted by molar-refractivity contribution is 5.26. The molecule has 1 fully saturated rings. The maximum Gasteiger partial charge on any atom is 0.131 e. The maximum atomic E-state index is 5.24. The number of rotatable bonds is 1. The van der Waals surface area contributed by atoms with Crippen LogP contribution in [0.3, 0.4) is 0 Å². The SMILES string of the molecule is C#Cc1cnc(C2CCNCC2)nc1. The zero-order valence-corrected chi connectivity index (χ0v) is 8.03. The second-order valence-corrected chi connectivity index (χ2v) is 3.50. The summed E-state index contributed by atoms with van der Waals surface area (Å²) in [6.07, 6.45) is 10.9. The fourth-order valence-electron chi connectivity index (χ4n) is 1.70. The van der Waals surface area contributed by atoms with E-state index in [1.165, 1.54) is 0 Å². The fraction of sp³-hybridized carbons (Fsp3) is 0.455. The average Bonchev–Trinajstić information content (AvgIpc) is 2.30. The van der Waals surface area contributed by atoms with Gasteiger partial charge in [-0.25, -0.2) is 9.97 Å². The lowest BCUT2D eigenvalue weighted by Crippen LogP contribution is -2.27. The van der Waals surface area contributed by atoms with Crippen LogP contribution in [0.1, 0.15) is 30.1 Å². The average molecular weight is 187 g/mol. The molecule has 2 rings (SSSR count). The molecule has 0 aliphatic carbocycles. The molecule has 3 heteroatoms. The summed E-state index contributed by atoms with van der Waals surface area (Å²) in [6.45, 7) is 2.12. The van der Waals surface area contributed by atoms with Gasteiger partial charge in [-0.05, 0) is 25.9 Å². The van der Waals surface area contributed by atoms with Crippen molar-refractivity contribution >= 4 is 0 Å². The van der Waals surface area contributed by atoms with Crippen LogP contribution >= 0.6 is 0 Å². The predicted molar refractivity (Wildman–Crippen MR) is 54.8 cm³/mol. The monoisotopic (exact) mass is 187 g/mol. The minimum atomic E-state index is 0.503. The van der Waals surface area contributed by atoms with Gasteiger partial charge in [-0.3, -0.25) is 0 Å². The largest absolute Gasteiger partial charge is 0.317 e. The van der Waals surface area contributed by atoms with E-state index < -0.39 is 0 Å². The molecule has 1 aliphatic heterocycles. The van der Waals surface area contributed by atoms with Crippen LogP contribution in [0.4, 0.5) is 0 Å². The summed E-state index contributed by atoms with van der Waals surface area (Å²) in [7, 11) is 0. The first kappa shape index (κ1) is 9.17. The van der Waals surface area contributed by atoms with Crippen LogP contribution in [0.5, 0.6) is 0 Å². The summed E-state index contributed by atoms with van der Waals surface area (Å²) >= 11 is 0. The van der Waals surface area contributed by atoms with Crippen LogP contribution in [0.2, 0.25) is 0 Å². The first-order valence-electron chi connectivity index (χ1n) is 4.89. The third kappa shape index (κ3) is 1.91. The standard InChI is InChI=1S/C11H13N3/c1-2-9-7-13-11(14-8-9)10-3-5-12-6-4-10/h1,7-8,10,12H,3-6H2. The van der Waals surface area contributed by atoms with Gasteiger partial charge in [0, 0.05) is 18.3 Å². The van der Waals surface area contributed by atoms with Crippen LogP contribution in [-0.4, -0.2) is 23.1 Å². The molecular weight excluding hydrogens is 174 g/mol. The molecule has 2 heterocycles. The second-order valence-electron chi connectivity index (χ2n) is 3.50. The summed E-state index contributed by atoms with van der Waals surface area (Å²) in [5.41, 5.74) is 0.752. The molecule has 72 valence electrons. The maximum absolute atomic E-state index is 5.24. The lowest BCUT2D eigenvalue weighted by molar-refractivity contribution is 0.445. The first-order valence-corrected chi connectivity index (χ1v) is 4.89. The van der Waals surface area contributed by atoms with Gasteiger partial charge >= 0.3 is 0 Å². The van der Waals surface area contributed by atoms with Crippen molar-refractivity contribution in [2.24, 2.45) is 0 Å².